The van der Waals surface area contributed by atoms with E-state index in [0.29, 0.717) is 5.88 Å². The number of alkyl halides is 1. The Morgan fingerprint density at radius 3 is 2.85 bits per heavy atom. The average molecular weight is 294 g/mol. The molecule has 0 bridgehead atoms. The zero-order valence-electron chi connectivity index (χ0n) is 12.0. The monoisotopic (exact) mass is 293 g/mol. The fraction of sp³-hybridized carbons (Fsp3) is 0.600. The van der Waals surface area contributed by atoms with Crippen molar-refractivity contribution in [3.05, 3.63) is 23.7 Å². The van der Waals surface area contributed by atoms with Gasteiger partial charge in [0.2, 0.25) is 0 Å². The number of halogens is 1. The Bertz CT molecular complexity index is 617. The van der Waals surface area contributed by atoms with E-state index in [1.165, 1.54) is 0 Å². The van der Waals surface area contributed by atoms with E-state index in [9.17, 15) is 0 Å². The van der Waals surface area contributed by atoms with Crippen molar-refractivity contribution in [2.45, 2.75) is 38.6 Å². The Labute approximate surface area is 124 Å². The molecule has 0 spiro atoms. The van der Waals surface area contributed by atoms with Crippen LogP contribution < -0.4 is 0 Å². The predicted octanol–water partition coefficient (Wildman–Crippen LogP) is 3.05. The van der Waals surface area contributed by atoms with Gasteiger partial charge in [-0.3, -0.25) is 0 Å². The highest BCUT2D eigenvalue weighted by molar-refractivity contribution is 6.17. The summed E-state index contributed by atoms with van der Waals surface area (Å²) in [4.78, 5) is 9.38. The number of hydrogen-bond donors (Lipinski definition) is 0. The number of hydrogen-bond acceptors (Lipinski definition) is 3. The van der Waals surface area contributed by atoms with E-state index in [0.717, 1.165) is 55.0 Å². The molecule has 0 atom stereocenters. The van der Waals surface area contributed by atoms with Crippen molar-refractivity contribution in [2.75, 3.05) is 19.1 Å². The minimum Gasteiger partial charge on any atom is -0.381 e. The molecule has 1 fully saturated rings. The normalized spacial score (nSPS) is 18.6. The second kappa shape index (κ2) is 5.34. The van der Waals surface area contributed by atoms with Gasteiger partial charge >= 0.3 is 0 Å². The van der Waals surface area contributed by atoms with Crippen LogP contribution in [0.2, 0.25) is 0 Å². The quantitative estimate of drug-likeness (QED) is 0.817. The number of ether oxygens (including phenoxy) is 1. The molecule has 0 aromatic carbocycles. The number of pyridine rings is 1. The first-order valence-electron chi connectivity index (χ1n) is 7.12. The largest absolute Gasteiger partial charge is 0.381 e. The van der Waals surface area contributed by atoms with Crippen molar-refractivity contribution in [1.82, 2.24) is 14.5 Å². The second-order valence-electron chi connectivity index (χ2n) is 5.77. The SMILES string of the molecule is Cc1cnc2c(c1)nc(CCCl)n2C1(C)CCOCC1. The molecule has 5 heteroatoms. The fourth-order valence-electron chi connectivity index (χ4n) is 2.97. The van der Waals surface area contributed by atoms with Gasteiger partial charge in [0.25, 0.3) is 0 Å². The van der Waals surface area contributed by atoms with Gasteiger partial charge in [0.15, 0.2) is 5.65 Å². The molecular weight excluding hydrogens is 274 g/mol. The van der Waals surface area contributed by atoms with Crippen molar-refractivity contribution >= 4 is 22.8 Å². The molecule has 0 amide bonds. The van der Waals surface area contributed by atoms with Gasteiger partial charge in [0, 0.05) is 37.3 Å². The molecule has 1 saturated heterocycles. The van der Waals surface area contributed by atoms with E-state index in [1.54, 1.807) is 0 Å². The third kappa shape index (κ3) is 2.31. The molecule has 3 rings (SSSR count). The summed E-state index contributed by atoms with van der Waals surface area (Å²) < 4.78 is 7.81. The molecule has 108 valence electrons. The Kier molecular flexibility index (Phi) is 3.69. The van der Waals surface area contributed by atoms with E-state index < -0.39 is 0 Å². The summed E-state index contributed by atoms with van der Waals surface area (Å²) >= 11 is 5.95. The zero-order valence-corrected chi connectivity index (χ0v) is 12.8. The Balaban J connectivity index is 2.17. The van der Waals surface area contributed by atoms with E-state index in [2.05, 4.69) is 22.5 Å². The van der Waals surface area contributed by atoms with Crippen LogP contribution in [0.5, 0.6) is 0 Å². The molecular formula is C15H20ClN3O. The Hall–Kier alpha value is -1.13. The molecule has 3 heterocycles. The number of rotatable bonds is 3. The summed E-state index contributed by atoms with van der Waals surface area (Å²) in [7, 11) is 0. The van der Waals surface area contributed by atoms with Crippen molar-refractivity contribution < 1.29 is 4.74 Å². The first-order chi connectivity index (χ1) is 9.64. The number of aromatic nitrogens is 3. The van der Waals surface area contributed by atoms with Gasteiger partial charge in [-0.15, -0.1) is 11.6 Å². The maximum absolute atomic E-state index is 5.95. The van der Waals surface area contributed by atoms with Gasteiger partial charge < -0.3 is 9.30 Å². The standard InChI is InChI=1S/C15H20ClN3O/c1-11-9-12-14(17-10-11)19(13(18-12)3-6-16)15(2)4-7-20-8-5-15/h9-10H,3-8H2,1-2H3. The summed E-state index contributed by atoms with van der Waals surface area (Å²) in [6, 6.07) is 2.10. The van der Waals surface area contributed by atoms with Crippen molar-refractivity contribution in [1.29, 1.82) is 0 Å². The second-order valence-corrected chi connectivity index (χ2v) is 6.15. The highest BCUT2D eigenvalue weighted by Gasteiger charge is 2.33. The number of fused-ring (bicyclic) bond motifs is 1. The zero-order chi connectivity index (χ0) is 14.2. The van der Waals surface area contributed by atoms with Gasteiger partial charge in [-0.05, 0) is 38.3 Å². The van der Waals surface area contributed by atoms with Crippen molar-refractivity contribution in [2.24, 2.45) is 0 Å². The van der Waals surface area contributed by atoms with Crippen LogP contribution in [0.25, 0.3) is 11.2 Å². The molecule has 1 aliphatic heterocycles. The van der Waals surface area contributed by atoms with E-state index in [-0.39, 0.29) is 5.54 Å². The summed E-state index contributed by atoms with van der Waals surface area (Å²) in [5.41, 5.74) is 3.10. The Morgan fingerprint density at radius 2 is 2.15 bits per heavy atom. The van der Waals surface area contributed by atoms with Crippen LogP contribution in [0.15, 0.2) is 12.3 Å². The van der Waals surface area contributed by atoms with Gasteiger partial charge in [-0.2, -0.15) is 0 Å². The van der Waals surface area contributed by atoms with Crippen LogP contribution >= 0.6 is 11.6 Å². The Morgan fingerprint density at radius 1 is 1.40 bits per heavy atom. The maximum Gasteiger partial charge on any atom is 0.160 e. The van der Waals surface area contributed by atoms with Gasteiger partial charge in [0.05, 0.1) is 0 Å². The van der Waals surface area contributed by atoms with Crippen LogP contribution in [-0.2, 0) is 16.7 Å². The number of aryl methyl sites for hydroxylation is 2. The highest BCUT2D eigenvalue weighted by atomic mass is 35.5. The third-order valence-corrected chi connectivity index (χ3v) is 4.32. The molecule has 0 unspecified atom stereocenters. The summed E-state index contributed by atoms with van der Waals surface area (Å²) in [5.74, 6) is 1.62. The lowest BCUT2D eigenvalue weighted by Gasteiger charge is -2.36. The first kappa shape index (κ1) is 13.8. The van der Waals surface area contributed by atoms with Gasteiger partial charge in [-0.1, -0.05) is 0 Å². The van der Waals surface area contributed by atoms with Crippen LogP contribution in [0.1, 0.15) is 31.2 Å². The smallest absolute Gasteiger partial charge is 0.160 e. The lowest BCUT2D eigenvalue weighted by molar-refractivity contribution is 0.0299. The average Bonchev–Trinajstić information content (AvgIpc) is 2.77. The number of nitrogens with zero attached hydrogens (tertiary/aromatic N) is 3. The van der Waals surface area contributed by atoms with Gasteiger partial charge in [-0.25, -0.2) is 9.97 Å². The molecule has 0 saturated carbocycles. The highest BCUT2D eigenvalue weighted by Crippen LogP contribution is 2.33. The van der Waals surface area contributed by atoms with E-state index in [4.69, 9.17) is 21.3 Å². The fourth-order valence-corrected chi connectivity index (χ4v) is 3.14. The van der Waals surface area contributed by atoms with Crippen molar-refractivity contribution in [3.8, 4) is 0 Å². The van der Waals surface area contributed by atoms with Crippen molar-refractivity contribution in [3.63, 3.8) is 0 Å². The molecule has 0 aliphatic carbocycles. The topological polar surface area (TPSA) is 39.9 Å². The van der Waals surface area contributed by atoms with Crippen LogP contribution in [0.4, 0.5) is 0 Å². The van der Waals surface area contributed by atoms with E-state index in [1.807, 2.05) is 13.1 Å². The van der Waals surface area contributed by atoms with E-state index >= 15 is 0 Å². The first-order valence-corrected chi connectivity index (χ1v) is 7.66. The summed E-state index contributed by atoms with van der Waals surface area (Å²) in [6.45, 7) is 5.91. The minimum atomic E-state index is 0.0245. The molecule has 4 nitrogen and oxygen atoms in total. The number of imidazole rings is 1. The molecule has 1 aliphatic rings. The lowest BCUT2D eigenvalue weighted by atomic mass is 9.92. The summed E-state index contributed by atoms with van der Waals surface area (Å²) in [6.07, 6.45) is 4.66. The molecule has 2 aromatic heterocycles. The molecule has 20 heavy (non-hydrogen) atoms. The lowest BCUT2D eigenvalue weighted by Crippen LogP contribution is -2.38. The molecule has 0 radical (unpaired) electrons. The van der Waals surface area contributed by atoms with Crippen LogP contribution in [-0.4, -0.2) is 33.6 Å². The van der Waals surface area contributed by atoms with Crippen LogP contribution in [0, 0.1) is 6.92 Å². The molecule has 0 N–H and O–H groups in total. The third-order valence-electron chi connectivity index (χ3n) is 4.13. The van der Waals surface area contributed by atoms with Crippen LogP contribution in [0.3, 0.4) is 0 Å². The minimum absolute atomic E-state index is 0.0245. The maximum atomic E-state index is 5.95. The summed E-state index contributed by atoms with van der Waals surface area (Å²) in [5, 5.41) is 0. The predicted molar refractivity (Wildman–Crippen MR) is 80.4 cm³/mol. The van der Waals surface area contributed by atoms with Gasteiger partial charge in [0.1, 0.15) is 11.3 Å². The molecule has 2 aromatic rings.